The van der Waals surface area contributed by atoms with Crippen LogP contribution in [0.5, 0.6) is 5.75 Å². The first kappa shape index (κ1) is 50.1. The van der Waals surface area contributed by atoms with Crippen LogP contribution in [0.2, 0.25) is 0 Å². The minimum absolute atomic E-state index is 0.0591. The van der Waals surface area contributed by atoms with Gasteiger partial charge in [0.15, 0.2) is 6.10 Å². The molecule has 1 aromatic rings. The van der Waals surface area contributed by atoms with Crippen molar-refractivity contribution in [3.8, 4) is 5.75 Å². The second-order valence-corrected chi connectivity index (χ2v) is 16.8. The van der Waals surface area contributed by atoms with Gasteiger partial charge < -0.3 is 59.5 Å². The molecule has 0 aromatic heterocycles. The molecule has 60 heavy (non-hydrogen) atoms. The van der Waals surface area contributed by atoms with Gasteiger partial charge in [0.1, 0.15) is 30.7 Å². The number of benzene rings is 1. The lowest BCUT2D eigenvalue weighted by Crippen LogP contribution is -2.61. The van der Waals surface area contributed by atoms with E-state index in [4.69, 9.17) is 28.4 Å². The molecule has 0 spiro atoms. The molecule has 0 saturated carbocycles. The first-order valence-corrected chi connectivity index (χ1v) is 20.2. The van der Waals surface area contributed by atoms with Crippen LogP contribution in [0.15, 0.2) is 18.2 Å². The molecule has 338 valence electrons. The number of imide groups is 1. The molecular weight excluding hydrogens is 790 g/mol. The zero-order valence-corrected chi connectivity index (χ0v) is 35.4. The van der Waals surface area contributed by atoms with Gasteiger partial charge in [0.25, 0.3) is 5.91 Å². The number of aliphatic carboxylic acids is 1. The molecule has 6 atom stereocenters. The number of hydrogen-bond acceptors (Lipinski definition) is 15. The van der Waals surface area contributed by atoms with Crippen molar-refractivity contribution in [3.05, 3.63) is 29.3 Å². The lowest BCUT2D eigenvalue weighted by Gasteiger charge is -2.38. The summed E-state index contributed by atoms with van der Waals surface area (Å²) in [6.45, 7) is 13.0. The maximum atomic E-state index is 13.3. The molecule has 2 fully saturated rings. The van der Waals surface area contributed by atoms with E-state index < -0.39 is 54.0 Å². The number of amides is 4. The van der Waals surface area contributed by atoms with Gasteiger partial charge in [-0.15, -0.1) is 0 Å². The highest BCUT2D eigenvalue weighted by molar-refractivity contribution is 6.03. The van der Waals surface area contributed by atoms with Crippen molar-refractivity contribution in [1.29, 1.82) is 0 Å². The molecule has 19 nitrogen and oxygen atoms in total. The van der Waals surface area contributed by atoms with Crippen LogP contribution in [0, 0.1) is 16.7 Å². The fourth-order valence-electron chi connectivity index (χ4n) is 6.14. The molecule has 19 heteroatoms. The number of unbranched alkanes of at least 4 members (excludes halogenated alkanes) is 2. The van der Waals surface area contributed by atoms with Crippen LogP contribution < -0.4 is 15.4 Å². The molecule has 2 aliphatic rings. The van der Waals surface area contributed by atoms with E-state index in [9.17, 15) is 49.2 Å². The summed E-state index contributed by atoms with van der Waals surface area (Å²) in [6, 6.07) is 4.21. The Labute approximate surface area is 350 Å². The van der Waals surface area contributed by atoms with Crippen molar-refractivity contribution in [1.82, 2.24) is 15.5 Å². The topological polar surface area (TPSA) is 266 Å². The van der Waals surface area contributed by atoms with Gasteiger partial charge in [-0.3, -0.25) is 28.9 Å². The van der Waals surface area contributed by atoms with Gasteiger partial charge in [0.05, 0.1) is 56.5 Å². The van der Waals surface area contributed by atoms with E-state index in [0.717, 1.165) is 6.42 Å². The second kappa shape index (κ2) is 23.7. The van der Waals surface area contributed by atoms with Crippen LogP contribution in [0.3, 0.4) is 0 Å². The molecule has 1 aromatic carbocycles. The minimum Gasteiger partial charge on any atom is -0.479 e. The van der Waals surface area contributed by atoms with Crippen molar-refractivity contribution in [3.63, 3.8) is 0 Å². The average molecular weight is 854 g/mol. The zero-order valence-electron chi connectivity index (χ0n) is 35.4. The Bertz CT molecular complexity index is 1610. The Hall–Kier alpha value is -4.24. The van der Waals surface area contributed by atoms with E-state index in [-0.39, 0.29) is 79.8 Å². The summed E-state index contributed by atoms with van der Waals surface area (Å²) in [5.41, 5.74) is -0.687. The standard InChI is InChI=1S/C41H63N3O16/c1-40(2,3)27-23-30(46)44(36(27)51)15-9-7-8-10-29(45)42-13-16-55-18-20-57-21-19-56-17-14-43-35(50)26-22-25(24-58-39(54)41(4,5)6)11-12-28(26)59-38-33(49)31(47)32(48)34(60-38)37(52)53/h11-12,22,27,31-34,38,47-49H,7-10,13-21,23-24H2,1-6H3,(H,42,45)(H,43,50)(H,52,53)/t27?,31-,32-,33+,34-,38+/m0/s1. The monoisotopic (exact) mass is 853 g/mol. The predicted octanol–water partition coefficient (Wildman–Crippen LogP) is 0.924. The van der Waals surface area contributed by atoms with E-state index >= 15 is 0 Å². The van der Waals surface area contributed by atoms with Gasteiger partial charge in [-0.05, 0) is 56.7 Å². The maximum absolute atomic E-state index is 13.3. The highest BCUT2D eigenvalue weighted by Crippen LogP contribution is 2.35. The van der Waals surface area contributed by atoms with Gasteiger partial charge in [-0.1, -0.05) is 33.3 Å². The Morgan fingerprint density at radius 3 is 2.02 bits per heavy atom. The van der Waals surface area contributed by atoms with E-state index in [1.165, 1.54) is 23.1 Å². The van der Waals surface area contributed by atoms with E-state index in [1.807, 2.05) is 20.8 Å². The number of aliphatic hydroxyl groups excluding tert-OH is 3. The number of ether oxygens (including phenoxy) is 6. The first-order chi connectivity index (χ1) is 28.2. The lowest BCUT2D eigenvalue weighted by atomic mass is 9.80. The van der Waals surface area contributed by atoms with Crippen LogP contribution in [-0.2, 0) is 54.3 Å². The zero-order chi connectivity index (χ0) is 44.6. The normalized spacial score (nSPS) is 22.1. The van der Waals surface area contributed by atoms with Gasteiger partial charge in [-0.25, -0.2) is 4.79 Å². The smallest absolute Gasteiger partial charge is 0.335 e. The molecule has 6 N–H and O–H groups in total. The van der Waals surface area contributed by atoms with Crippen molar-refractivity contribution in [2.75, 3.05) is 59.3 Å². The van der Waals surface area contributed by atoms with E-state index in [2.05, 4.69) is 10.6 Å². The van der Waals surface area contributed by atoms with Crippen molar-refractivity contribution in [2.45, 2.75) is 111 Å². The summed E-state index contributed by atoms with van der Waals surface area (Å²) >= 11 is 0. The van der Waals surface area contributed by atoms with Crippen LogP contribution in [0.1, 0.15) is 89.6 Å². The molecule has 0 radical (unpaired) electrons. The number of carboxylic acids is 1. The van der Waals surface area contributed by atoms with Crippen molar-refractivity contribution >= 4 is 35.6 Å². The van der Waals surface area contributed by atoms with Crippen LogP contribution in [0.25, 0.3) is 0 Å². The molecule has 4 amide bonds. The van der Waals surface area contributed by atoms with Crippen LogP contribution >= 0.6 is 0 Å². The quantitative estimate of drug-likeness (QED) is 0.0480. The summed E-state index contributed by atoms with van der Waals surface area (Å²) in [4.78, 5) is 75.5. The molecule has 2 saturated heterocycles. The Morgan fingerprint density at radius 1 is 0.817 bits per heavy atom. The van der Waals surface area contributed by atoms with Gasteiger partial charge >= 0.3 is 11.9 Å². The third-order valence-corrected chi connectivity index (χ3v) is 9.75. The average Bonchev–Trinajstić information content (AvgIpc) is 3.47. The summed E-state index contributed by atoms with van der Waals surface area (Å²) in [5.74, 6) is -3.48. The highest BCUT2D eigenvalue weighted by atomic mass is 16.7. The maximum Gasteiger partial charge on any atom is 0.335 e. The summed E-state index contributed by atoms with van der Waals surface area (Å²) in [6.07, 6.45) is -6.76. The Kier molecular flexibility index (Phi) is 19.8. The number of carbonyl (C=O) groups is 6. The van der Waals surface area contributed by atoms with E-state index in [0.29, 0.717) is 57.7 Å². The molecular formula is C41H63N3O16. The Balaban J connectivity index is 1.29. The summed E-state index contributed by atoms with van der Waals surface area (Å²) < 4.78 is 32.7. The second-order valence-electron chi connectivity index (χ2n) is 16.8. The third kappa shape index (κ3) is 15.7. The number of likely N-dealkylation sites (tertiary alicyclic amines) is 1. The van der Waals surface area contributed by atoms with Gasteiger partial charge in [0.2, 0.25) is 24.0 Å². The first-order valence-electron chi connectivity index (χ1n) is 20.2. The summed E-state index contributed by atoms with van der Waals surface area (Å²) in [5, 5.41) is 45.5. The number of nitrogens with one attached hydrogen (secondary N) is 2. The molecule has 1 unspecified atom stereocenters. The number of nitrogens with zero attached hydrogens (tertiary/aromatic N) is 1. The summed E-state index contributed by atoms with van der Waals surface area (Å²) in [7, 11) is 0. The molecule has 2 heterocycles. The third-order valence-electron chi connectivity index (χ3n) is 9.75. The molecule has 0 bridgehead atoms. The SMILES string of the molecule is CC(C)(C)C(=O)OCc1ccc(O[C@@H]2O[C@H](C(=O)O)[C@@H](O)[C@H](O)[C@H]2O)c(C(=O)NCCOCCOCCOCCNC(=O)CCCCCN2C(=O)CC(C(C)(C)C)C2=O)c1. The largest absolute Gasteiger partial charge is 0.479 e. The number of carboxylic acid groups (broad SMARTS) is 1. The van der Waals surface area contributed by atoms with Crippen LogP contribution in [-0.4, -0.2) is 151 Å². The molecule has 2 aliphatic heterocycles. The fourth-order valence-corrected chi connectivity index (χ4v) is 6.14. The Morgan fingerprint density at radius 2 is 1.43 bits per heavy atom. The highest BCUT2D eigenvalue weighted by Gasteiger charge is 2.48. The van der Waals surface area contributed by atoms with E-state index in [1.54, 1.807) is 20.8 Å². The van der Waals surface area contributed by atoms with Gasteiger partial charge in [-0.2, -0.15) is 0 Å². The number of esters is 1. The van der Waals surface area contributed by atoms with Crippen LogP contribution in [0.4, 0.5) is 0 Å². The predicted molar refractivity (Wildman–Crippen MR) is 211 cm³/mol. The fraction of sp³-hybridized carbons (Fsp3) is 0.707. The number of rotatable bonds is 24. The number of aliphatic hydroxyl groups is 3. The molecule has 3 rings (SSSR count). The van der Waals surface area contributed by atoms with Crippen molar-refractivity contribution in [2.24, 2.45) is 16.7 Å². The number of carbonyl (C=O) groups excluding carboxylic acids is 5. The van der Waals surface area contributed by atoms with Crippen molar-refractivity contribution < 1.29 is 77.6 Å². The minimum atomic E-state index is -1.93. The lowest BCUT2D eigenvalue weighted by molar-refractivity contribution is -0.271. The van der Waals surface area contributed by atoms with Gasteiger partial charge in [0, 0.05) is 32.5 Å². The number of hydrogen-bond donors (Lipinski definition) is 6. The molecule has 0 aliphatic carbocycles.